The largest absolute Gasteiger partial charge is 0.481 e. The molecule has 0 fully saturated rings. The summed E-state index contributed by atoms with van der Waals surface area (Å²) < 4.78 is 0. The van der Waals surface area contributed by atoms with Crippen molar-refractivity contribution in [2.24, 2.45) is 35.0 Å². The van der Waals surface area contributed by atoms with Gasteiger partial charge in [-0.05, 0) is 96.9 Å². The van der Waals surface area contributed by atoms with Crippen molar-refractivity contribution in [3.63, 3.8) is 0 Å². The summed E-state index contributed by atoms with van der Waals surface area (Å²) in [4.78, 5) is 221. The Morgan fingerprint density at radius 1 is 0.406 bits per heavy atom. The van der Waals surface area contributed by atoms with Crippen molar-refractivity contribution in [3.8, 4) is 0 Å². The van der Waals surface area contributed by atoms with Gasteiger partial charge in [0.15, 0.2) is 6.04 Å². The third-order valence-electron chi connectivity index (χ3n) is 14.6. The van der Waals surface area contributed by atoms with Gasteiger partial charge in [-0.25, -0.2) is 4.79 Å². The van der Waals surface area contributed by atoms with Gasteiger partial charge in [0.05, 0.1) is 31.2 Å². The van der Waals surface area contributed by atoms with Crippen LogP contribution >= 0.6 is 0 Å². The van der Waals surface area contributed by atoms with E-state index in [2.05, 4.69) is 63.8 Å². The highest BCUT2D eigenvalue weighted by molar-refractivity contribution is 6.00. The predicted octanol–water partition coefficient (Wildman–Crippen LogP) is -7.00. The molecule has 38 heteroatoms. The minimum Gasteiger partial charge on any atom is -0.481 e. The molecular weight excluding hydrogens is 1270 g/mol. The number of hydrogen-bond acceptors (Lipinski definition) is 21. The van der Waals surface area contributed by atoms with Gasteiger partial charge >= 0.3 is 23.9 Å². The van der Waals surface area contributed by atoms with Crippen LogP contribution in [0.3, 0.4) is 0 Å². The van der Waals surface area contributed by atoms with Crippen LogP contribution in [0.5, 0.6) is 0 Å². The molecule has 13 amide bonds. The van der Waals surface area contributed by atoms with Crippen LogP contribution in [0.2, 0.25) is 0 Å². The maximum atomic E-state index is 14.1. The average Bonchev–Trinajstić information content (AvgIpc) is 0.895. The van der Waals surface area contributed by atoms with Gasteiger partial charge in [-0.1, -0.05) is 48.0 Å². The highest BCUT2D eigenvalue weighted by Gasteiger charge is 2.38. The van der Waals surface area contributed by atoms with E-state index in [1.807, 2.05) is 0 Å². The van der Waals surface area contributed by atoms with Crippen molar-refractivity contribution >= 4 is 101 Å². The maximum absolute atomic E-state index is 14.1. The topological polar surface area (TPSA) is 634 Å². The summed E-state index contributed by atoms with van der Waals surface area (Å²) in [5, 5.41) is 85.7. The molecule has 0 rings (SSSR count). The van der Waals surface area contributed by atoms with Crippen LogP contribution in [-0.2, 0) is 81.5 Å². The van der Waals surface area contributed by atoms with Crippen molar-refractivity contribution in [1.82, 2.24) is 63.8 Å². The highest BCUT2D eigenvalue weighted by Crippen LogP contribution is 2.14. The van der Waals surface area contributed by atoms with Crippen molar-refractivity contribution < 1.29 is 112 Å². The Hall–Kier alpha value is -9.17. The lowest BCUT2D eigenvalue weighted by Gasteiger charge is -2.29. The standard InChI is InChI=1S/C58H99N15O23/c1-11-27(6)44(56(93)69-36(22-25(2)3)50(87)62-24-39(77)63-28(7)48(85)70-43(26(4)5)55(92)73-46(31(10)75)58(95)96)71-54(91)37(23-42(82)83)68-52(89)34(16-18-38(61)76)65-47(84)29(8)64-51(88)33(14-12-13-21-59)67-57(94)45(30(9)74)72-53(90)35(17-20-41(80)81)66-49(86)32(60)15-19-40(78)79/h25-37,43-46,74-75H,11-24,59-60H2,1-10H3,(H2,61,76)(H,62,87)(H,63,77)(H,64,88)(H,65,84)(H,66,86)(H,67,94)(H,68,89)(H,69,93)(H,70,85)(H,71,91)(H,72,90)(H,73,92)(H,78,79)(H,80,81)(H,82,83)(H,95,96)/t27-,28-,29-,30+,31+,32-,33-,34-,35-,36-,37-,43-,44-,45-,46-/m0/s1. The number of primary amides is 1. The first-order valence-corrected chi connectivity index (χ1v) is 31.2. The Bertz CT molecular complexity index is 2730. The van der Waals surface area contributed by atoms with Gasteiger partial charge < -0.3 is 112 Å². The number of aliphatic carboxylic acids is 4. The number of carboxylic acids is 4. The summed E-state index contributed by atoms with van der Waals surface area (Å²) in [5.41, 5.74) is 16.8. The Labute approximate surface area is 554 Å². The minimum atomic E-state index is -2.01. The number of nitrogens with two attached hydrogens (primary N) is 3. The van der Waals surface area contributed by atoms with E-state index in [1.54, 1.807) is 34.6 Å². The van der Waals surface area contributed by atoms with Crippen LogP contribution in [-0.4, -0.2) is 229 Å². The number of rotatable bonds is 47. The summed E-state index contributed by atoms with van der Waals surface area (Å²) in [7, 11) is 0. The second-order valence-electron chi connectivity index (χ2n) is 23.9. The van der Waals surface area contributed by atoms with Gasteiger partial charge in [-0.15, -0.1) is 0 Å². The van der Waals surface area contributed by atoms with E-state index in [-0.39, 0.29) is 44.6 Å². The van der Waals surface area contributed by atoms with E-state index in [4.69, 9.17) is 22.3 Å². The third-order valence-corrected chi connectivity index (χ3v) is 14.6. The van der Waals surface area contributed by atoms with E-state index in [0.29, 0.717) is 6.42 Å². The zero-order valence-electron chi connectivity index (χ0n) is 55.6. The number of amides is 13. The summed E-state index contributed by atoms with van der Waals surface area (Å²) >= 11 is 0. The van der Waals surface area contributed by atoms with Crippen LogP contribution in [0.25, 0.3) is 0 Å². The van der Waals surface area contributed by atoms with Crippen LogP contribution < -0.4 is 81.0 Å². The van der Waals surface area contributed by atoms with E-state index in [0.717, 1.165) is 20.8 Å². The van der Waals surface area contributed by atoms with E-state index in [9.17, 15) is 107 Å². The molecule has 96 heavy (non-hydrogen) atoms. The molecular formula is C58H99N15O23. The fraction of sp³-hybridized carbons (Fsp3) is 0.707. The average molecular weight is 1370 g/mol. The molecule has 15 atom stereocenters. The van der Waals surface area contributed by atoms with Crippen molar-refractivity contribution in [2.75, 3.05) is 13.1 Å². The van der Waals surface area contributed by atoms with Crippen molar-refractivity contribution in [3.05, 3.63) is 0 Å². The maximum Gasteiger partial charge on any atom is 0.328 e. The Balaban J connectivity index is 6.55. The van der Waals surface area contributed by atoms with Crippen LogP contribution in [0.1, 0.15) is 146 Å². The fourth-order valence-electron chi connectivity index (χ4n) is 8.81. The lowest BCUT2D eigenvalue weighted by Crippen LogP contribution is -2.61. The molecule has 24 N–H and O–H groups in total. The van der Waals surface area contributed by atoms with Crippen molar-refractivity contribution in [2.45, 2.75) is 231 Å². The number of aliphatic hydroxyl groups is 2. The van der Waals surface area contributed by atoms with Gasteiger partial charge in [0.25, 0.3) is 0 Å². The summed E-state index contributed by atoms with van der Waals surface area (Å²) in [5.74, 6) is -21.2. The number of hydrogen-bond donors (Lipinski definition) is 21. The number of aliphatic hydroxyl groups excluding tert-OH is 2. The van der Waals surface area contributed by atoms with Crippen LogP contribution in [0.15, 0.2) is 0 Å². The zero-order valence-corrected chi connectivity index (χ0v) is 55.6. The minimum absolute atomic E-state index is 0.0470. The number of carbonyl (C=O) groups excluding carboxylic acids is 13. The quantitative estimate of drug-likeness (QED) is 0.0252. The Kier molecular flexibility index (Phi) is 39.6. The second-order valence-corrected chi connectivity index (χ2v) is 23.9. The molecule has 0 aromatic heterocycles. The molecule has 0 aromatic carbocycles. The summed E-state index contributed by atoms with van der Waals surface area (Å²) in [6.07, 6.45) is -7.24. The second kappa shape index (κ2) is 43.7. The first kappa shape index (κ1) is 86.8. The number of unbranched alkanes of at least 4 members (excludes halogenated alkanes) is 1. The molecule has 0 radical (unpaired) electrons. The van der Waals surface area contributed by atoms with Gasteiger partial charge in [0.2, 0.25) is 76.8 Å². The normalized spacial score (nSPS) is 15.8. The lowest BCUT2D eigenvalue weighted by molar-refractivity contribution is -0.145. The van der Waals surface area contributed by atoms with Gasteiger partial charge in [0.1, 0.15) is 60.4 Å². The smallest absolute Gasteiger partial charge is 0.328 e. The fourth-order valence-corrected chi connectivity index (χ4v) is 8.81. The predicted molar refractivity (Wildman–Crippen MR) is 336 cm³/mol. The molecule has 0 unspecified atom stereocenters. The van der Waals surface area contributed by atoms with Crippen LogP contribution in [0, 0.1) is 17.8 Å². The lowest BCUT2D eigenvalue weighted by atomic mass is 9.96. The highest BCUT2D eigenvalue weighted by atomic mass is 16.4. The molecule has 544 valence electrons. The van der Waals surface area contributed by atoms with E-state index >= 15 is 0 Å². The number of carboxylic acid groups (broad SMARTS) is 4. The first-order chi connectivity index (χ1) is 44.6. The monoisotopic (exact) mass is 1370 g/mol. The first-order valence-electron chi connectivity index (χ1n) is 31.2. The molecule has 0 saturated carbocycles. The van der Waals surface area contributed by atoms with Gasteiger partial charge in [-0.2, -0.15) is 0 Å². The van der Waals surface area contributed by atoms with Gasteiger partial charge in [-0.3, -0.25) is 76.7 Å². The summed E-state index contributed by atoms with van der Waals surface area (Å²) in [6.45, 7) is 13.6. The molecule has 0 heterocycles. The van der Waals surface area contributed by atoms with Crippen LogP contribution in [0.4, 0.5) is 0 Å². The van der Waals surface area contributed by atoms with E-state index in [1.165, 1.54) is 13.8 Å². The van der Waals surface area contributed by atoms with E-state index < -0.39 is 242 Å². The SMILES string of the molecule is CC[C@H](C)[C@H](NC(=O)[C@H](CC(=O)O)NC(=O)[C@H](CCC(N)=O)NC(=O)[C@H](C)NC(=O)[C@H](CCCCN)NC(=O)[C@@H](NC(=O)[C@H](CCC(=O)O)NC(=O)[C@@H](N)CCC(=O)O)[C@@H](C)O)C(=O)N[C@@H](CC(C)C)C(=O)NCC(=O)N[C@@H](C)C(=O)N[C@H](C(=O)N[C@H](C(=O)O)[C@@H](C)O)C(C)C. The summed E-state index contributed by atoms with van der Waals surface area (Å²) in [6, 6.07) is -19.3. The molecule has 0 bridgehead atoms. The Morgan fingerprint density at radius 3 is 1.32 bits per heavy atom. The third kappa shape index (κ3) is 33.3. The molecule has 0 aliphatic rings. The molecule has 0 saturated heterocycles. The molecule has 0 aliphatic carbocycles. The molecule has 0 aromatic rings. The number of carbonyl (C=O) groups is 17. The van der Waals surface area contributed by atoms with Gasteiger partial charge in [0, 0.05) is 19.3 Å². The zero-order chi connectivity index (χ0) is 74.0. The molecule has 38 nitrogen and oxygen atoms in total. The van der Waals surface area contributed by atoms with Crippen molar-refractivity contribution in [1.29, 1.82) is 0 Å². The molecule has 0 aliphatic heterocycles. The number of nitrogens with one attached hydrogen (secondary N) is 12. The Morgan fingerprint density at radius 2 is 0.823 bits per heavy atom. The molecule has 0 spiro atoms.